The molecule has 1 aliphatic heterocycles. The second-order valence-electron chi connectivity index (χ2n) is 5.80. The molecule has 1 amide bonds. The summed E-state index contributed by atoms with van der Waals surface area (Å²) in [7, 11) is 1.64. The Kier molecular flexibility index (Phi) is 4.11. The predicted molar refractivity (Wildman–Crippen MR) is 99.9 cm³/mol. The van der Waals surface area contributed by atoms with Crippen molar-refractivity contribution in [3.05, 3.63) is 65.0 Å². The topological polar surface area (TPSA) is 63.2 Å². The van der Waals surface area contributed by atoms with Crippen LogP contribution in [0.2, 0.25) is 0 Å². The van der Waals surface area contributed by atoms with Gasteiger partial charge in [-0.2, -0.15) is 0 Å². The molecule has 1 unspecified atom stereocenters. The smallest absolute Gasteiger partial charge is 0.226 e. The summed E-state index contributed by atoms with van der Waals surface area (Å²) in [6.07, 6.45) is 0.423. The number of anilines is 3. The van der Waals surface area contributed by atoms with Crippen molar-refractivity contribution in [2.75, 3.05) is 17.7 Å². The molecule has 3 aromatic rings. The zero-order chi connectivity index (χ0) is 17.2. The number of amides is 1. The molecule has 2 heterocycles. The molecule has 0 aliphatic carbocycles. The van der Waals surface area contributed by atoms with Gasteiger partial charge in [0.05, 0.1) is 12.0 Å². The van der Waals surface area contributed by atoms with E-state index in [4.69, 9.17) is 4.74 Å². The Morgan fingerprint density at radius 3 is 2.64 bits per heavy atom. The molecule has 1 atom stereocenters. The number of hydrogen-bond acceptors (Lipinski definition) is 5. The number of nitrogens with zero attached hydrogens (tertiary/aromatic N) is 1. The molecule has 0 radical (unpaired) electrons. The average molecular weight is 351 g/mol. The van der Waals surface area contributed by atoms with Gasteiger partial charge in [0.15, 0.2) is 5.13 Å². The highest BCUT2D eigenvalue weighted by molar-refractivity contribution is 7.16. The van der Waals surface area contributed by atoms with Crippen molar-refractivity contribution in [2.24, 2.45) is 0 Å². The highest BCUT2D eigenvalue weighted by Gasteiger charge is 2.30. The van der Waals surface area contributed by atoms with Crippen LogP contribution >= 0.6 is 11.3 Å². The van der Waals surface area contributed by atoms with Crippen molar-refractivity contribution >= 4 is 33.9 Å². The number of benzene rings is 2. The van der Waals surface area contributed by atoms with Crippen LogP contribution in [0.15, 0.2) is 54.6 Å². The van der Waals surface area contributed by atoms with E-state index in [0.717, 1.165) is 27.0 Å². The Hall–Kier alpha value is -2.86. The lowest BCUT2D eigenvalue weighted by atomic mass is 9.91. The van der Waals surface area contributed by atoms with E-state index in [2.05, 4.69) is 15.6 Å². The fourth-order valence-electron chi connectivity index (χ4n) is 2.92. The lowest BCUT2D eigenvalue weighted by Crippen LogP contribution is -2.22. The van der Waals surface area contributed by atoms with Crippen LogP contribution in [-0.2, 0) is 4.79 Å². The Bertz CT molecular complexity index is 891. The monoisotopic (exact) mass is 351 g/mol. The number of hydrogen-bond donors (Lipinski definition) is 2. The Morgan fingerprint density at radius 2 is 1.92 bits per heavy atom. The van der Waals surface area contributed by atoms with Crippen molar-refractivity contribution < 1.29 is 9.53 Å². The number of aromatic nitrogens is 1. The van der Waals surface area contributed by atoms with Crippen LogP contribution in [0.4, 0.5) is 16.6 Å². The maximum Gasteiger partial charge on any atom is 0.226 e. The van der Waals surface area contributed by atoms with Crippen LogP contribution in [0, 0.1) is 0 Å². The molecule has 1 aromatic heterocycles. The molecule has 2 aromatic carbocycles. The van der Waals surface area contributed by atoms with E-state index in [1.54, 1.807) is 18.4 Å². The average Bonchev–Trinajstić information content (AvgIpc) is 3.04. The fraction of sp³-hybridized carbons (Fsp3) is 0.158. The van der Waals surface area contributed by atoms with Gasteiger partial charge in [-0.05, 0) is 29.8 Å². The lowest BCUT2D eigenvalue weighted by molar-refractivity contribution is -0.116. The van der Waals surface area contributed by atoms with Crippen molar-refractivity contribution in [2.45, 2.75) is 12.3 Å². The van der Waals surface area contributed by atoms with Gasteiger partial charge in [0, 0.05) is 18.0 Å². The summed E-state index contributed by atoms with van der Waals surface area (Å²) in [6.45, 7) is 0. The Morgan fingerprint density at radius 1 is 1.16 bits per heavy atom. The summed E-state index contributed by atoms with van der Waals surface area (Å²) < 4.78 is 5.22. The molecule has 5 nitrogen and oxygen atoms in total. The van der Waals surface area contributed by atoms with Gasteiger partial charge in [0.25, 0.3) is 0 Å². The highest BCUT2D eigenvalue weighted by Crippen LogP contribution is 2.43. The molecule has 0 bridgehead atoms. The van der Waals surface area contributed by atoms with Gasteiger partial charge in [-0.15, -0.1) is 0 Å². The molecule has 6 heteroatoms. The summed E-state index contributed by atoms with van der Waals surface area (Å²) in [5, 5.41) is 6.96. The van der Waals surface area contributed by atoms with Crippen molar-refractivity contribution in [3.63, 3.8) is 0 Å². The van der Waals surface area contributed by atoms with E-state index in [1.807, 2.05) is 54.6 Å². The van der Waals surface area contributed by atoms with Crippen LogP contribution in [0.5, 0.6) is 5.75 Å². The second kappa shape index (κ2) is 6.57. The van der Waals surface area contributed by atoms with Gasteiger partial charge in [-0.1, -0.05) is 41.7 Å². The molecule has 25 heavy (non-hydrogen) atoms. The van der Waals surface area contributed by atoms with E-state index in [0.29, 0.717) is 12.2 Å². The lowest BCUT2D eigenvalue weighted by Gasteiger charge is -2.21. The predicted octanol–water partition coefficient (Wildman–Crippen LogP) is 4.37. The number of carbonyl (C=O) groups excluding carboxylic acids is 1. The number of carbonyl (C=O) groups is 1. The molecule has 0 saturated carbocycles. The maximum absolute atomic E-state index is 12.1. The van der Waals surface area contributed by atoms with E-state index in [1.165, 1.54) is 0 Å². The van der Waals surface area contributed by atoms with Gasteiger partial charge >= 0.3 is 0 Å². The standard InChI is InChI=1S/C19H17N3O2S/c1-24-14-9-7-12(8-10-14)15-11-16(23)21-18-17(15)25-19(22-18)20-13-5-3-2-4-6-13/h2-10,15H,11H2,1H3,(H,20,22)(H,21,23). The molecular formula is C19H17N3O2S. The molecule has 4 rings (SSSR count). The van der Waals surface area contributed by atoms with E-state index in [9.17, 15) is 4.79 Å². The number of para-hydroxylation sites is 1. The number of nitrogens with one attached hydrogen (secondary N) is 2. The van der Waals surface area contributed by atoms with E-state index in [-0.39, 0.29) is 11.8 Å². The SMILES string of the molecule is COc1ccc(C2CC(=O)Nc3nc(Nc4ccccc4)sc32)cc1. The van der Waals surface area contributed by atoms with Gasteiger partial charge in [0.2, 0.25) is 5.91 Å². The molecule has 0 spiro atoms. The normalized spacial score (nSPS) is 16.0. The quantitative estimate of drug-likeness (QED) is 0.733. The van der Waals surface area contributed by atoms with Crippen LogP contribution in [0.3, 0.4) is 0 Å². The van der Waals surface area contributed by atoms with Gasteiger partial charge < -0.3 is 15.4 Å². The first-order chi connectivity index (χ1) is 12.2. The molecular weight excluding hydrogens is 334 g/mol. The number of rotatable bonds is 4. The van der Waals surface area contributed by atoms with Crippen LogP contribution in [-0.4, -0.2) is 18.0 Å². The molecule has 2 N–H and O–H groups in total. The van der Waals surface area contributed by atoms with Crippen molar-refractivity contribution in [3.8, 4) is 5.75 Å². The minimum absolute atomic E-state index is 0.00937. The Labute approximate surface area is 149 Å². The zero-order valence-corrected chi connectivity index (χ0v) is 14.5. The van der Waals surface area contributed by atoms with Crippen molar-refractivity contribution in [1.82, 2.24) is 4.98 Å². The van der Waals surface area contributed by atoms with Crippen molar-refractivity contribution in [1.29, 1.82) is 0 Å². The summed E-state index contributed by atoms with van der Waals surface area (Å²) in [4.78, 5) is 17.7. The second-order valence-corrected chi connectivity index (χ2v) is 6.83. The van der Waals surface area contributed by atoms with E-state index >= 15 is 0 Å². The first-order valence-corrected chi connectivity index (χ1v) is 8.81. The van der Waals surface area contributed by atoms with Crippen LogP contribution in [0.1, 0.15) is 22.8 Å². The largest absolute Gasteiger partial charge is 0.497 e. The number of thiazole rings is 1. The maximum atomic E-state index is 12.1. The number of methoxy groups -OCH3 is 1. The minimum Gasteiger partial charge on any atom is -0.497 e. The van der Waals surface area contributed by atoms with Gasteiger partial charge in [-0.3, -0.25) is 4.79 Å². The van der Waals surface area contributed by atoms with Gasteiger partial charge in [-0.25, -0.2) is 4.98 Å². The third kappa shape index (κ3) is 3.21. The van der Waals surface area contributed by atoms with Gasteiger partial charge in [0.1, 0.15) is 11.6 Å². The zero-order valence-electron chi connectivity index (χ0n) is 13.7. The summed E-state index contributed by atoms with van der Waals surface area (Å²) in [5.74, 6) is 1.46. The third-order valence-corrected chi connectivity index (χ3v) is 5.24. The van der Waals surface area contributed by atoms with E-state index < -0.39 is 0 Å². The third-order valence-electron chi connectivity index (χ3n) is 4.16. The number of ether oxygens (including phenoxy) is 1. The molecule has 0 saturated heterocycles. The molecule has 126 valence electrons. The minimum atomic E-state index is -0.00937. The first-order valence-electron chi connectivity index (χ1n) is 7.99. The van der Waals surface area contributed by atoms with Crippen LogP contribution in [0.25, 0.3) is 0 Å². The number of fused-ring (bicyclic) bond motifs is 1. The summed E-state index contributed by atoms with van der Waals surface area (Å²) in [6, 6.07) is 17.7. The van der Waals surface area contributed by atoms with Crippen LogP contribution < -0.4 is 15.4 Å². The fourth-order valence-corrected chi connectivity index (χ4v) is 3.99. The molecule has 0 fully saturated rings. The first kappa shape index (κ1) is 15.7. The Balaban J connectivity index is 1.66. The highest BCUT2D eigenvalue weighted by atomic mass is 32.1. The molecule has 1 aliphatic rings. The summed E-state index contributed by atoms with van der Waals surface area (Å²) >= 11 is 1.58. The summed E-state index contributed by atoms with van der Waals surface area (Å²) in [5.41, 5.74) is 2.06.